The third-order valence-corrected chi connectivity index (χ3v) is 6.36. The van der Waals surface area contributed by atoms with Crippen LogP contribution in [0.15, 0.2) is 54.1 Å². The molecule has 0 aliphatic carbocycles. The van der Waals surface area contributed by atoms with Crippen LogP contribution in [0.1, 0.15) is 56.3 Å². The van der Waals surface area contributed by atoms with Gasteiger partial charge in [-0.1, -0.05) is 51.1 Å². The van der Waals surface area contributed by atoms with Gasteiger partial charge in [0.05, 0.1) is 24.8 Å². The molecule has 0 aromatic heterocycles. The Bertz CT molecular complexity index is 1080. The number of carbonyl (C=O) groups is 2. The van der Waals surface area contributed by atoms with Crippen molar-refractivity contribution in [3.63, 3.8) is 0 Å². The number of likely N-dealkylation sites (tertiary alicyclic amines) is 1. The lowest BCUT2D eigenvalue weighted by molar-refractivity contribution is -0.140. The van der Waals surface area contributed by atoms with E-state index in [0.717, 1.165) is 24.0 Å². The fourth-order valence-electron chi connectivity index (χ4n) is 4.65. The Labute approximate surface area is 194 Å². The van der Waals surface area contributed by atoms with E-state index in [1.165, 1.54) is 0 Å². The SMILES string of the molecule is COc1ccc(/C(O)=C2/C(=O)C(=O)N(CC3CCCO3)C2c2ccccc2)cc1C(C)(C)C. The number of nitrogens with zero attached hydrogens (tertiary/aromatic N) is 1. The van der Waals surface area contributed by atoms with Gasteiger partial charge in [0.2, 0.25) is 0 Å². The number of rotatable bonds is 5. The highest BCUT2D eigenvalue weighted by Crippen LogP contribution is 2.41. The lowest BCUT2D eigenvalue weighted by Crippen LogP contribution is -2.36. The van der Waals surface area contributed by atoms with Crippen molar-refractivity contribution < 1.29 is 24.2 Å². The maximum absolute atomic E-state index is 13.2. The zero-order valence-corrected chi connectivity index (χ0v) is 19.6. The molecule has 0 bridgehead atoms. The van der Waals surface area contributed by atoms with Gasteiger partial charge in [-0.25, -0.2) is 0 Å². The molecule has 2 atom stereocenters. The second kappa shape index (κ2) is 9.02. The van der Waals surface area contributed by atoms with E-state index in [1.54, 1.807) is 24.1 Å². The normalized spacial score (nSPS) is 22.7. The number of amides is 1. The third kappa shape index (κ3) is 4.40. The summed E-state index contributed by atoms with van der Waals surface area (Å²) in [7, 11) is 1.61. The summed E-state index contributed by atoms with van der Waals surface area (Å²) >= 11 is 0. The number of hydrogen-bond donors (Lipinski definition) is 1. The van der Waals surface area contributed by atoms with Gasteiger partial charge >= 0.3 is 0 Å². The van der Waals surface area contributed by atoms with Gasteiger partial charge in [-0.2, -0.15) is 0 Å². The molecule has 6 heteroatoms. The van der Waals surface area contributed by atoms with Crippen molar-refractivity contribution in [3.05, 3.63) is 70.8 Å². The van der Waals surface area contributed by atoms with Crippen LogP contribution in [0.3, 0.4) is 0 Å². The molecule has 2 aliphatic heterocycles. The minimum atomic E-state index is -0.674. The van der Waals surface area contributed by atoms with Crippen LogP contribution in [0.5, 0.6) is 5.75 Å². The van der Waals surface area contributed by atoms with Crippen LogP contribution >= 0.6 is 0 Å². The predicted octanol–water partition coefficient (Wildman–Crippen LogP) is 4.59. The number of ether oxygens (including phenoxy) is 2. The topological polar surface area (TPSA) is 76.1 Å². The summed E-state index contributed by atoms with van der Waals surface area (Å²) in [5.41, 5.74) is 2.03. The molecule has 1 N–H and O–H groups in total. The highest BCUT2D eigenvalue weighted by molar-refractivity contribution is 6.46. The van der Waals surface area contributed by atoms with Crippen LogP contribution in [0.4, 0.5) is 0 Å². The Hall–Kier alpha value is -3.12. The molecule has 2 aromatic rings. The van der Waals surface area contributed by atoms with E-state index in [9.17, 15) is 14.7 Å². The summed E-state index contributed by atoms with van der Waals surface area (Å²) in [6.45, 7) is 7.14. The van der Waals surface area contributed by atoms with Crippen molar-refractivity contribution in [2.75, 3.05) is 20.3 Å². The lowest BCUT2D eigenvalue weighted by Gasteiger charge is -2.27. The predicted molar refractivity (Wildman–Crippen MR) is 126 cm³/mol. The van der Waals surface area contributed by atoms with Crippen LogP contribution in [-0.4, -0.2) is 48.1 Å². The maximum atomic E-state index is 13.2. The van der Waals surface area contributed by atoms with Crippen LogP contribution in [0, 0.1) is 0 Å². The Morgan fingerprint density at radius 2 is 1.88 bits per heavy atom. The Morgan fingerprint density at radius 1 is 1.15 bits per heavy atom. The minimum Gasteiger partial charge on any atom is -0.507 e. The number of carbonyl (C=O) groups excluding carboxylic acids is 2. The molecule has 2 saturated heterocycles. The first-order valence-electron chi connectivity index (χ1n) is 11.4. The lowest BCUT2D eigenvalue weighted by atomic mass is 9.84. The number of benzene rings is 2. The summed E-state index contributed by atoms with van der Waals surface area (Å²) < 4.78 is 11.3. The molecule has 0 spiro atoms. The second-order valence-electron chi connectivity index (χ2n) is 9.66. The van der Waals surface area contributed by atoms with Crippen LogP contribution in [0.2, 0.25) is 0 Å². The van der Waals surface area contributed by atoms with Gasteiger partial charge in [-0.05, 0) is 42.0 Å². The Balaban J connectivity index is 1.84. The summed E-state index contributed by atoms with van der Waals surface area (Å²) in [5, 5.41) is 11.4. The fourth-order valence-corrected chi connectivity index (χ4v) is 4.65. The summed E-state index contributed by atoms with van der Waals surface area (Å²) in [5.74, 6) is -0.749. The molecular weight excluding hydrogens is 418 g/mol. The van der Waals surface area contributed by atoms with Gasteiger partial charge in [0.15, 0.2) is 0 Å². The summed E-state index contributed by atoms with van der Waals surface area (Å²) in [4.78, 5) is 27.9. The van der Waals surface area contributed by atoms with E-state index >= 15 is 0 Å². The van der Waals surface area contributed by atoms with Crippen molar-refractivity contribution >= 4 is 17.4 Å². The molecule has 6 nitrogen and oxygen atoms in total. The monoisotopic (exact) mass is 449 g/mol. The zero-order chi connectivity index (χ0) is 23.8. The highest BCUT2D eigenvalue weighted by Gasteiger charge is 2.47. The zero-order valence-electron chi connectivity index (χ0n) is 19.6. The summed E-state index contributed by atoms with van der Waals surface area (Å²) in [6, 6.07) is 14.0. The molecule has 1 amide bonds. The number of ketones is 1. The van der Waals surface area contributed by atoms with Crippen molar-refractivity contribution in [2.45, 2.75) is 51.2 Å². The largest absolute Gasteiger partial charge is 0.507 e. The smallest absolute Gasteiger partial charge is 0.295 e. The van der Waals surface area contributed by atoms with E-state index in [-0.39, 0.29) is 22.9 Å². The van der Waals surface area contributed by atoms with E-state index in [1.807, 2.05) is 36.4 Å². The van der Waals surface area contributed by atoms with Crippen molar-refractivity contribution in [3.8, 4) is 5.75 Å². The first-order valence-corrected chi connectivity index (χ1v) is 11.4. The van der Waals surface area contributed by atoms with Crippen LogP contribution < -0.4 is 4.74 Å². The number of Topliss-reactive ketones (excluding diaryl/α,β-unsaturated/α-hetero) is 1. The van der Waals surface area contributed by atoms with Crippen molar-refractivity contribution in [1.29, 1.82) is 0 Å². The standard InChI is InChI=1S/C27H31NO5/c1-27(2,3)20-15-18(12-13-21(20)32-4)24(29)22-23(17-9-6-5-7-10-17)28(26(31)25(22)30)16-19-11-8-14-33-19/h5-7,9-10,12-13,15,19,23,29H,8,11,14,16H2,1-4H3/b24-22-. The molecule has 2 aromatic carbocycles. The van der Waals surface area contributed by atoms with Gasteiger partial charge in [-0.3, -0.25) is 9.59 Å². The number of methoxy groups -OCH3 is 1. The molecular formula is C27H31NO5. The Kier molecular flexibility index (Phi) is 6.30. The quantitative estimate of drug-likeness (QED) is 0.410. The number of hydrogen-bond acceptors (Lipinski definition) is 5. The number of aliphatic hydroxyl groups is 1. The average Bonchev–Trinajstić information content (AvgIpc) is 3.40. The van der Waals surface area contributed by atoms with Gasteiger partial charge < -0.3 is 19.5 Å². The van der Waals surface area contributed by atoms with Crippen LogP contribution in [-0.2, 0) is 19.7 Å². The van der Waals surface area contributed by atoms with Crippen molar-refractivity contribution in [2.24, 2.45) is 0 Å². The molecule has 4 rings (SSSR count). The highest BCUT2D eigenvalue weighted by atomic mass is 16.5. The Morgan fingerprint density at radius 3 is 2.48 bits per heavy atom. The van der Waals surface area contributed by atoms with E-state index in [4.69, 9.17) is 9.47 Å². The molecule has 33 heavy (non-hydrogen) atoms. The van der Waals surface area contributed by atoms with E-state index in [0.29, 0.717) is 24.5 Å². The second-order valence-corrected chi connectivity index (χ2v) is 9.66. The molecule has 2 fully saturated rings. The number of aliphatic hydroxyl groups excluding tert-OH is 1. The van der Waals surface area contributed by atoms with Gasteiger partial charge in [0, 0.05) is 24.3 Å². The first kappa shape index (κ1) is 23.1. The third-order valence-electron chi connectivity index (χ3n) is 6.36. The molecule has 2 aliphatic rings. The van der Waals surface area contributed by atoms with Gasteiger partial charge in [0.1, 0.15) is 11.5 Å². The molecule has 174 valence electrons. The first-order chi connectivity index (χ1) is 15.7. The maximum Gasteiger partial charge on any atom is 0.295 e. The van der Waals surface area contributed by atoms with Crippen molar-refractivity contribution in [1.82, 2.24) is 4.90 Å². The average molecular weight is 450 g/mol. The fraction of sp³-hybridized carbons (Fsp3) is 0.407. The molecule has 2 heterocycles. The van der Waals surface area contributed by atoms with E-state index < -0.39 is 17.7 Å². The van der Waals surface area contributed by atoms with Gasteiger partial charge in [-0.15, -0.1) is 0 Å². The summed E-state index contributed by atoms with van der Waals surface area (Å²) in [6.07, 6.45) is 1.67. The minimum absolute atomic E-state index is 0.106. The molecule has 0 radical (unpaired) electrons. The molecule has 0 saturated carbocycles. The molecule has 2 unspecified atom stereocenters. The van der Waals surface area contributed by atoms with Gasteiger partial charge in [0.25, 0.3) is 11.7 Å². The van der Waals surface area contributed by atoms with E-state index in [2.05, 4.69) is 20.8 Å². The van der Waals surface area contributed by atoms with Crippen LogP contribution in [0.25, 0.3) is 5.76 Å².